The molecule has 22 heavy (non-hydrogen) atoms. The largest absolute Gasteiger partial charge is 0.294 e. The van der Waals surface area contributed by atoms with Crippen molar-refractivity contribution >= 4 is 5.78 Å². The topological polar surface area (TPSA) is 20.3 Å². The molecule has 0 aliphatic carbocycles. The van der Waals surface area contributed by atoms with Crippen LogP contribution in [0.4, 0.5) is 0 Å². The van der Waals surface area contributed by atoms with Gasteiger partial charge in [-0.3, -0.25) is 9.69 Å². The van der Waals surface area contributed by atoms with Crippen molar-refractivity contribution in [3.05, 3.63) is 71.8 Å². The van der Waals surface area contributed by atoms with E-state index in [0.29, 0.717) is 12.1 Å². The summed E-state index contributed by atoms with van der Waals surface area (Å²) in [4.78, 5) is 15.2. The highest BCUT2D eigenvalue weighted by Gasteiger charge is 2.48. The van der Waals surface area contributed by atoms with E-state index in [2.05, 4.69) is 25.7 Å². The van der Waals surface area contributed by atoms with Gasteiger partial charge in [0.2, 0.25) is 0 Å². The fourth-order valence-electron chi connectivity index (χ4n) is 3.05. The predicted octanol–water partition coefficient (Wildman–Crippen LogP) is 4.34. The van der Waals surface area contributed by atoms with E-state index in [-0.39, 0.29) is 17.4 Å². The number of ketones is 1. The number of benzene rings is 2. The molecule has 0 radical (unpaired) electrons. The van der Waals surface area contributed by atoms with Crippen LogP contribution in [-0.2, 0) is 0 Å². The van der Waals surface area contributed by atoms with E-state index in [1.54, 1.807) is 12.1 Å². The number of likely N-dealkylation sites (tertiary alicyclic amines) is 1. The van der Waals surface area contributed by atoms with Gasteiger partial charge >= 0.3 is 0 Å². The van der Waals surface area contributed by atoms with Gasteiger partial charge in [0.15, 0.2) is 5.78 Å². The Morgan fingerprint density at radius 2 is 1.59 bits per heavy atom. The van der Waals surface area contributed by atoms with Gasteiger partial charge in [-0.1, -0.05) is 60.7 Å². The van der Waals surface area contributed by atoms with E-state index in [1.165, 1.54) is 0 Å². The number of carbonyl (C=O) groups excluding carboxylic acids is 1. The number of hydrogen-bond donors (Lipinski definition) is 0. The number of Topliss-reactive ketones (excluding diaryl/α,β-unsaturated/α-hetero) is 1. The van der Waals surface area contributed by atoms with Gasteiger partial charge in [-0.05, 0) is 26.3 Å². The second-order valence-electron chi connectivity index (χ2n) is 6.83. The summed E-state index contributed by atoms with van der Waals surface area (Å²) in [6, 6.07) is 19.0. The molecule has 1 aliphatic rings. The Morgan fingerprint density at radius 1 is 1.05 bits per heavy atom. The Bertz CT molecular complexity index is 693. The molecule has 0 bridgehead atoms. The average Bonchev–Trinajstić information content (AvgIpc) is 2.52. The van der Waals surface area contributed by atoms with E-state index < -0.39 is 5.89 Å². The highest BCUT2D eigenvalue weighted by Crippen LogP contribution is 2.44. The summed E-state index contributed by atoms with van der Waals surface area (Å²) in [6.07, 6.45) is 0. The normalized spacial score (nSPS) is 26.1. The smallest absolute Gasteiger partial charge is 0.169 e. The number of nitrogens with zero attached hydrogens (tertiary/aromatic N) is 1. The lowest BCUT2D eigenvalue weighted by Gasteiger charge is -2.54. The lowest BCUT2D eigenvalue weighted by molar-refractivity contribution is -0.0434. The summed E-state index contributed by atoms with van der Waals surface area (Å²) in [5.74, 6) is -1.22. The zero-order valence-corrected chi connectivity index (χ0v) is 13.4. The van der Waals surface area contributed by atoms with Crippen molar-refractivity contribution < 1.29 is 6.17 Å². The lowest BCUT2D eigenvalue weighted by atomic mass is 9.76. The maximum atomic E-state index is 13.0. The summed E-state index contributed by atoms with van der Waals surface area (Å²) in [5.41, 5.74) is 1.58. The molecule has 1 fully saturated rings. The first-order chi connectivity index (χ1) is 10.8. The highest BCUT2D eigenvalue weighted by atomic mass is 16.1. The quantitative estimate of drug-likeness (QED) is 0.785. The van der Waals surface area contributed by atoms with E-state index in [4.69, 9.17) is 1.37 Å². The molecule has 3 rings (SSSR count). The second kappa shape index (κ2) is 5.69. The standard InChI is InChI=1S/C20H23NO/c1-20(2,3)21-14-17(18(21)15-10-6-4-7-11-15)19(22)16-12-8-5-9-13-16/h4-13,17-18H,14H2,1-3H3/t17-,18+/m1/s1/i17D. The number of carbonyl (C=O) groups is 1. The molecule has 2 heteroatoms. The van der Waals surface area contributed by atoms with Crippen molar-refractivity contribution in [1.82, 2.24) is 4.90 Å². The molecule has 1 aliphatic heterocycles. The van der Waals surface area contributed by atoms with Crippen molar-refractivity contribution in [3.8, 4) is 0 Å². The SMILES string of the molecule is [2H][C@@]1(C(=O)c2ccccc2)CN(C(C)(C)C)[C@H]1c1ccccc1. The second-order valence-corrected chi connectivity index (χ2v) is 6.83. The third-order valence-electron chi connectivity index (χ3n) is 4.29. The van der Waals surface area contributed by atoms with Crippen LogP contribution in [0.2, 0.25) is 0 Å². The predicted molar refractivity (Wildman–Crippen MR) is 89.9 cm³/mol. The fraction of sp³-hybridized carbons (Fsp3) is 0.350. The summed E-state index contributed by atoms with van der Waals surface area (Å²) in [6.45, 7) is 6.87. The molecule has 0 amide bonds. The maximum Gasteiger partial charge on any atom is 0.169 e. The molecule has 2 atom stereocenters. The van der Waals surface area contributed by atoms with Gasteiger partial charge < -0.3 is 0 Å². The molecule has 114 valence electrons. The first-order valence-corrected chi connectivity index (χ1v) is 7.75. The van der Waals surface area contributed by atoms with Crippen LogP contribution >= 0.6 is 0 Å². The Kier molecular flexibility index (Phi) is 3.55. The van der Waals surface area contributed by atoms with E-state index >= 15 is 0 Å². The summed E-state index contributed by atoms with van der Waals surface area (Å²) in [7, 11) is 0. The monoisotopic (exact) mass is 294 g/mol. The van der Waals surface area contributed by atoms with Gasteiger partial charge in [0, 0.05) is 25.1 Å². The average molecular weight is 294 g/mol. The van der Waals surface area contributed by atoms with Crippen LogP contribution in [0.1, 0.15) is 44.1 Å². The zero-order valence-electron chi connectivity index (χ0n) is 14.4. The molecule has 1 saturated heterocycles. The Morgan fingerprint density at radius 3 is 2.14 bits per heavy atom. The molecule has 0 aromatic heterocycles. The van der Waals surface area contributed by atoms with Crippen LogP contribution in [0.3, 0.4) is 0 Å². The molecular formula is C20H23NO. The summed E-state index contributed by atoms with van der Waals surface area (Å²) < 4.78 is 8.92. The molecule has 1 heterocycles. The molecule has 0 spiro atoms. The van der Waals surface area contributed by atoms with E-state index in [9.17, 15) is 4.79 Å². The Labute approximate surface area is 134 Å². The van der Waals surface area contributed by atoms with E-state index in [1.807, 2.05) is 48.5 Å². The maximum absolute atomic E-state index is 13.0. The van der Waals surface area contributed by atoms with Gasteiger partial charge in [-0.25, -0.2) is 0 Å². The van der Waals surface area contributed by atoms with Crippen LogP contribution in [0.25, 0.3) is 0 Å². The summed E-state index contributed by atoms with van der Waals surface area (Å²) in [5, 5.41) is 0. The molecular weight excluding hydrogens is 270 g/mol. The molecule has 2 nitrogen and oxygen atoms in total. The van der Waals surface area contributed by atoms with Gasteiger partial charge in [-0.2, -0.15) is 0 Å². The fourth-order valence-corrected chi connectivity index (χ4v) is 3.05. The van der Waals surface area contributed by atoms with Gasteiger partial charge in [0.05, 0.1) is 5.89 Å². The highest BCUT2D eigenvalue weighted by molar-refractivity contribution is 5.99. The van der Waals surface area contributed by atoms with Crippen molar-refractivity contribution in [1.29, 1.82) is 0 Å². The van der Waals surface area contributed by atoms with E-state index in [0.717, 1.165) is 5.56 Å². The van der Waals surface area contributed by atoms with Crippen molar-refractivity contribution in [2.24, 2.45) is 5.89 Å². The molecule has 0 saturated carbocycles. The van der Waals surface area contributed by atoms with Crippen molar-refractivity contribution in [3.63, 3.8) is 0 Å². The first-order valence-electron chi connectivity index (χ1n) is 8.25. The number of rotatable bonds is 3. The van der Waals surface area contributed by atoms with Crippen LogP contribution in [0.5, 0.6) is 0 Å². The van der Waals surface area contributed by atoms with Crippen LogP contribution in [0, 0.1) is 5.89 Å². The molecule has 2 aromatic rings. The zero-order chi connectivity index (χ0) is 16.7. The Balaban J connectivity index is 2.00. The van der Waals surface area contributed by atoms with Crippen molar-refractivity contribution in [2.45, 2.75) is 32.4 Å². The first kappa shape index (κ1) is 13.7. The minimum Gasteiger partial charge on any atom is -0.294 e. The molecule has 0 N–H and O–H groups in total. The van der Waals surface area contributed by atoms with Crippen molar-refractivity contribution in [2.75, 3.05) is 6.54 Å². The Hall–Kier alpha value is -1.93. The van der Waals surface area contributed by atoms with Gasteiger partial charge in [0.25, 0.3) is 0 Å². The lowest BCUT2D eigenvalue weighted by Crippen LogP contribution is -2.60. The van der Waals surface area contributed by atoms with Gasteiger partial charge in [0.1, 0.15) is 0 Å². The third kappa shape index (κ3) is 2.71. The third-order valence-corrected chi connectivity index (χ3v) is 4.29. The number of hydrogen-bond acceptors (Lipinski definition) is 2. The molecule has 2 aromatic carbocycles. The minimum atomic E-state index is -1.13. The van der Waals surface area contributed by atoms with Crippen LogP contribution < -0.4 is 0 Å². The minimum absolute atomic E-state index is 0.0813. The van der Waals surface area contributed by atoms with Crippen LogP contribution in [0.15, 0.2) is 60.7 Å². The summed E-state index contributed by atoms with van der Waals surface area (Å²) >= 11 is 0. The van der Waals surface area contributed by atoms with Crippen LogP contribution in [-0.4, -0.2) is 22.8 Å². The molecule has 0 unspecified atom stereocenters. The van der Waals surface area contributed by atoms with Gasteiger partial charge in [-0.15, -0.1) is 0 Å².